The van der Waals surface area contributed by atoms with Crippen molar-refractivity contribution in [3.8, 4) is 0 Å². The van der Waals surface area contributed by atoms with Crippen molar-refractivity contribution in [3.63, 3.8) is 0 Å². The summed E-state index contributed by atoms with van der Waals surface area (Å²) in [5.41, 5.74) is -1.05. The number of hydrogen-bond acceptors (Lipinski definition) is 6. The first-order valence-electron chi connectivity index (χ1n) is 8.38. The quantitative estimate of drug-likeness (QED) is 0.571. The Balaban J connectivity index is 2.50. The third kappa shape index (κ3) is 7.94. The summed E-state index contributed by atoms with van der Waals surface area (Å²) in [5.74, 6) is -0.0943. The predicted molar refractivity (Wildman–Crippen MR) is 89.7 cm³/mol. The fourth-order valence-corrected chi connectivity index (χ4v) is 2.60. The lowest BCUT2D eigenvalue weighted by Crippen LogP contribution is -2.54. The van der Waals surface area contributed by atoms with Crippen LogP contribution in [-0.4, -0.2) is 80.2 Å². The summed E-state index contributed by atoms with van der Waals surface area (Å²) in [6.07, 6.45) is -0.150. The largest absolute Gasteiger partial charge is 0.453 e. The monoisotopic (exact) mass is 345 g/mol. The third-order valence-electron chi connectivity index (χ3n) is 3.81. The molecule has 0 aromatic rings. The van der Waals surface area contributed by atoms with Crippen molar-refractivity contribution in [2.45, 2.75) is 38.8 Å². The van der Waals surface area contributed by atoms with E-state index in [0.29, 0.717) is 26.2 Å². The minimum absolute atomic E-state index is 0.112. The molecule has 24 heavy (non-hydrogen) atoms. The van der Waals surface area contributed by atoms with Crippen molar-refractivity contribution >= 4 is 12.0 Å². The summed E-state index contributed by atoms with van der Waals surface area (Å²) >= 11 is 0. The molecule has 3 N–H and O–H groups in total. The second kappa shape index (κ2) is 9.80. The van der Waals surface area contributed by atoms with Crippen LogP contribution in [0.3, 0.4) is 0 Å². The highest BCUT2D eigenvalue weighted by Gasteiger charge is 2.28. The van der Waals surface area contributed by atoms with Crippen LogP contribution in [0, 0.1) is 5.92 Å². The minimum Gasteiger partial charge on any atom is -0.453 e. The van der Waals surface area contributed by atoms with Crippen LogP contribution >= 0.6 is 0 Å². The number of amides is 2. The van der Waals surface area contributed by atoms with Gasteiger partial charge in [0.15, 0.2) is 0 Å². The Kier molecular flexibility index (Phi) is 8.44. The van der Waals surface area contributed by atoms with Gasteiger partial charge < -0.3 is 25.2 Å². The van der Waals surface area contributed by atoms with E-state index in [2.05, 4.69) is 20.3 Å². The number of alkyl carbamates (subject to hydrolysis) is 1. The standard InChI is InChI=1S/C16H31N3O5/c1-12(2)9-13(18-15(21)23-4)14(20)17-10-16(3,22)11-19-5-7-24-8-6-19/h12-13,22H,5-11H2,1-4H3,(H,17,20)(H,18,21)/t13-,16-/m1/s1. The fraction of sp³-hybridized carbons (Fsp3) is 0.875. The molecule has 2 atom stereocenters. The maximum absolute atomic E-state index is 12.3. The molecule has 0 spiro atoms. The number of methoxy groups -OCH3 is 1. The summed E-state index contributed by atoms with van der Waals surface area (Å²) < 4.78 is 9.84. The number of rotatable bonds is 8. The SMILES string of the molecule is COC(=O)N[C@H](CC(C)C)C(=O)NC[C@@](C)(O)CN1CCOCC1. The average Bonchev–Trinajstić information content (AvgIpc) is 2.52. The Bertz CT molecular complexity index is 409. The van der Waals surface area contributed by atoms with Crippen LogP contribution in [0.2, 0.25) is 0 Å². The molecule has 8 nitrogen and oxygen atoms in total. The van der Waals surface area contributed by atoms with Crippen LogP contribution in [0.1, 0.15) is 27.2 Å². The highest BCUT2D eigenvalue weighted by molar-refractivity contribution is 5.85. The van der Waals surface area contributed by atoms with E-state index in [9.17, 15) is 14.7 Å². The first-order chi connectivity index (χ1) is 11.2. The van der Waals surface area contributed by atoms with E-state index >= 15 is 0 Å². The van der Waals surface area contributed by atoms with Crippen LogP contribution < -0.4 is 10.6 Å². The second-order valence-corrected chi connectivity index (χ2v) is 6.92. The molecule has 1 heterocycles. The van der Waals surface area contributed by atoms with Crippen LogP contribution in [-0.2, 0) is 14.3 Å². The molecular weight excluding hydrogens is 314 g/mol. The van der Waals surface area contributed by atoms with E-state index in [4.69, 9.17) is 4.74 Å². The third-order valence-corrected chi connectivity index (χ3v) is 3.81. The van der Waals surface area contributed by atoms with E-state index in [1.807, 2.05) is 13.8 Å². The maximum atomic E-state index is 12.3. The number of carbonyl (C=O) groups is 2. The van der Waals surface area contributed by atoms with Crippen molar-refractivity contribution in [3.05, 3.63) is 0 Å². The highest BCUT2D eigenvalue weighted by atomic mass is 16.5. The maximum Gasteiger partial charge on any atom is 0.407 e. The van der Waals surface area contributed by atoms with Gasteiger partial charge in [-0.05, 0) is 19.3 Å². The lowest BCUT2D eigenvalue weighted by atomic mass is 10.0. The molecule has 0 radical (unpaired) electrons. The van der Waals surface area contributed by atoms with Crippen molar-refractivity contribution in [2.75, 3.05) is 46.5 Å². The molecule has 1 aliphatic heterocycles. The van der Waals surface area contributed by atoms with Gasteiger partial charge in [-0.25, -0.2) is 4.79 Å². The van der Waals surface area contributed by atoms with Crippen LogP contribution in [0.5, 0.6) is 0 Å². The number of β-amino-alcohol motifs (C(OH)–C–C–N with tert-alkyl or cyclic N) is 1. The van der Waals surface area contributed by atoms with E-state index < -0.39 is 17.7 Å². The van der Waals surface area contributed by atoms with Gasteiger partial charge in [-0.3, -0.25) is 9.69 Å². The zero-order chi connectivity index (χ0) is 18.2. The molecule has 0 unspecified atom stereocenters. The summed E-state index contributed by atoms with van der Waals surface area (Å²) in [4.78, 5) is 25.8. The van der Waals surface area contributed by atoms with Gasteiger partial charge >= 0.3 is 6.09 Å². The lowest BCUT2D eigenvalue weighted by molar-refractivity contribution is -0.124. The van der Waals surface area contributed by atoms with Crippen molar-refractivity contribution in [2.24, 2.45) is 5.92 Å². The van der Waals surface area contributed by atoms with Gasteiger partial charge in [0.1, 0.15) is 6.04 Å². The molecule has 0 aromatic carbocycles. The molecule has 0 saturated carbocycles. The lowest BCUT2D eigenvalue weighted by Gasteiger charge is -2.34. The van der Waals surface area contributed by atoms with E-state index in [1.165, 1.54) is 7.11 Å². The zero-order valence-electron chi connectivity index (χ0n) is 15.1. The topological polar surface area (TPSA) is 100 Å². The van der Waals surface area contributed by atoms with E-state index in [0.717, 1.165) is 13.1 Å². The summed E-state index contributed by atoms with van der Waals surface area (Å²) in [6.45, 7) is 9.03. The van der Waals surface area contributed by atoms with Crippen molar-refractivity contribution < 1.29 is 24.2 Å². The number of ether oxygens (including phenoxy) is 2. The Morgan fingerprint density at radius 3 is 2.50 bits per heavy atom. The van der Waals surface area contributed by atoms with Crippen LogP contribution in [0.25, 0.3) is 0 Å². The number of carbonyl (C=O) groups excluding carboxylic acids is 2. The molecule has 8 heteroatoms. The Hall–Kier alpha value is -1.38. The predicted octanol–water partition coefficient (Wildman–Crippen LogP) is -0.0435. The van der Waals surface area contributed by atoms with Gasteiger partial charge in [0.2, 0.25) is 5.91 Å². The fourth-order valence-electron chi connectivity index (χ4n) is 2.60. The normalized spacial score (nSPS) is 19.4. The molecule has 0 aromatic heterocycles. The molecule has 1 rings (SSSR count). The summed E-state index contributed by atoms with van der Waals surface area (Å²) in [6, 6.07) is -0.684. The number of nitrogens with zero attached hydrogens (tertiary/aromatic N) is 1. The zero-order valence-corrected chi connectivity index (χ0v) is 15.1. The summed E-state index contributed by atoms with van der Waals surface area (Å²) in [7, 11) is 1.26. The second-order valence-electron chi connectivity index (χ2n) is 6.92. The molecule has 0 bridgehead atoms. The first-order valence-corrected chi connectivity index (χ1v) is 8.38. The Morgan fingerprint density at radius 1 is 1.33 bits per heavy atom. The van der Waals surface area contributed by atoms with Crippen molar-refractivity contribution in [1.29, 1.82) is 0 Å². The molecule has 0 aliphatic carbocycles. The van der Waals surface area contributed by atoms with Gasteiger partial charge in [0, 0.05) is 26.2 Å². The Morgan fingerprint density at radius 2 is 1.96 bits per heavy atom. The number of nitrogens with one attached hydrogen (secondary N) is 2. The molecular formula is C16H31N3O5. The molecule has 140 valence electrons. The molecule has 1 aliphatic rings. The molecule has 2 amide bonds. The molecule has 1 saturated heterocycles. The molecule has 1 fully saturated rings. The van der Waals surface area contributed by atoms with Crippen LogP contribution in [0.4, 0.5) is 4.79 Å². The number of hydrogen-bond donors (Lipinski definition) is 3. The van der Waals surface area contributed by atoms with Crippen molar-refractivity contribution in [1.82, 2.24) is 15.5 Å². The van der Waals surface area contributed by atoms with Crippen LogP contribution in [0.15, 0.2) is 0 Å². The Labute approximate surface area is 143 Å². The van der Waals surface area contributed by atoms with Gasteiger partial charge in [-0.2, -0.15) is 0 Å². The van der Waals surface area contributed by atoms with E-state index in [-0.39, 0.29) is 18.4 Å². The average molecular weight is 345 g/mol. The first kappa shape index (κ1) is 20.7. The van der Waals surface area contributed by atoms with Gasteiger partial charge in [-0.1, -0.05) is 13.8 Å². The van der Waals surface area contributed by atoms with E-state index in [1.54, 1.807) is 6.92 Å². The minimum atomic E-state index is -1.05. The number of aliphatic hydroxyl groups is 1. The smallest absolute Gasteiger partial charge is 0.407 e. The highest BCUT2D eigenvalue weighted by Crippen LogP contribution is 2.09. The van der Waals surface area contributed by atoms with Gasteiger partial charge in [0.25, 0.3) is 0 Å². The summed E-state index contributed by atoms with van der Waals surface area (Å²) in [5, 5.41) is 15.8. The van der Waals surface area contributed by atoms with Gasteiger partial charge in [0.05, 0.1) is 25.9 Å². The van der Waals surface area contributed by atoms with Gasteiger partial charge in [-0.15, -0.1) is 0 Å². The number of morpholine rings is 1.